The maximum Gasteiger partial charge on any atom is 0.342 e. The number of hydrogen-bond acceptors (Lipinski definition) is 4. The number of nitro groups is 1. The van der Waals surface area contributed by atoms with Crippen LogP contribution < -0.4 is 4.74 Å². The van der Waals surface area contributed by atoms with Gasteiger partial charge >= 0.3 is 5.97 Å². The number of aryl methyl sites for hydroxylation is 1. The summed E-state index contributed by atoms with van der Waals surface area (Å²) in [5, 5.41) is 19.8. The van der Waals surface area contributed by atoms with Crippen molar-refractivity contribution in [2.45, 2.75) is 13.3 Å². The normalized spacial score (nSPS) is 10.1. The molecule has 0 radical (unpaired) electrons. The number of hydrogen-bond donors (Lipinski definition) is 1. The number of rotatable bonds is 5. The minimum atomic E-state index is -1.35. The molecule has 0 aliphatic carbocycles. The minimum absolute atomic E-state index is 0.222. The molecular weight excluding hydrogens is 274 g/mol. The van der Waals surface area contributed by atoms with Gasteiger partial charge < -0.3 is 9.84 Å². The fourth-order valence-corrected chi connectivity index (χ4v) is 1.87. The van der Waals surface area contributed by atoms with E-state index in [0.29, 0.717) is 5.75 Å². The minimum Gasteiger partial charge on any atom is -0.477 e. The lowest BCUT2D eigenvalue weighted by Crippen LogP contribution is -2.02. The third-order valence-electron chi connectivity index (χ3n) is 2.94. The van der Waals surface area contributed by atoms with Gasteiger partial charge in [-0.15, -0.1) is 0 Å². The lowest BCUT2D eigenvalue weighted by Gasteiger charge is -2.07. The van der Waals surface area contributed by atoms with E-state index in [1.165, 1.54) is 12.1 Å². The number of aromatic carboxylic acids is 1. The third-order valence-corrected chi connectivity index (χ3v) is 2.94. The molecule has 0 bridgehead atoms. The number of benzene rings is 2. The maximum atomic E-state index is 10.9. The average Bonchev–Trinajstić information content (AvgIpc) is 2.47. The van der Waals surface area contributed by atoms with E-state index in [4.69, 9.17) is 9.84 Å². The van der Waals surface area contributed by atoms with Gasteiger partial charge in [-0.1, -0.05) is 19.1 Å². The van der Waals surface area contributed by atoms with E-state index in [-0.39, 0.29) is 11.3 Å². The summed E-state index contributed by atoms with van der Waals surface area (Å²) in [5.41, 5.74) is 0.213. The Balaban J connectivity index is 2.34. The Kier molecular flexibility index (Phi) is 4.18. The van der Waals surface area contributed by atoms with Gasteiger partial charge in [-0.3, -0.25) is 10.1 Å². The molecule has 2 rings (SSSR count). The summed E-state index contributed by atoms with van der Waals surface area (Å²) in [4.78, 5) is 21.1. The lowest BCUT2D eigenvalue weighted by molar-refractivity contribution is -0.385. The van der Waals surface area contributed by atoms with Crippen LogP contribution in [-0.4, -0.2) is 16.0 Å². The zero-order valence-corrected chi connectivity index (χ0v) is 11.3. The van der Waals surface area contributed by atoms with E-state index in [2.05, 4.69) is 0 Å². The van der Waals surface area contributed by atoms with Crippen LogP contribution in [0.1, 0.15) is 22.8 Å². The van der Waals surface area contributed by atoms with Crippen LogP contribution in [0.5, 0.6) is 11.5 Å². The molecular formula is C15H13NO5. The Labute approximate surface area is 120 Å². The van der Waals surface area contributed by atoms with Crippen LogP contribution in [0.4, 0.5) is 5.69 Å². The van der Waals surface area contributed by atoms with Crippen LogP contribution in [0.2, 0.25) is 0 Å². The first-order chi connectivity index (χ1) is 10.0. The smallest absolute Gasteiger partial charge is 0.342 e. The Morgan fingerprint density at radius 1 is 1.24 bits per heavy atom. The molecule has 2 aromatic carbocycles. The van der Waals surface area contributed by atoms with Crippen molar-refractivity contribution < 1.29 is 19.6 Å². The van der Waals surface area contributed by atoms with Gasteiger partial charge in [0, 0.05) is 0 Å². The third kappa shape index (κ3) is 3.36. The lowest BCUT2D eigenvalue weighted by atomic mass is 10.1. The van der Waals surface area contributed by atoms with Gasteiger partial charge in [-0.2, -0.15) is 0 Å². The van der Waals surface area contributed by atoms with E-state index < -0.39 is 16.6 Å². The van der Waals surface area contributed by atoms with E-state index in [1.54, 1.807) is 6.07 Å². The van der Waals surface area contributed by atoms with Crippen molar-refractivity contribution in [2.24, 2.45) is 0 Å². The summed E-state index contributed by atoms with van der Waals surface area (Å²) in [6.45, 7) is 2.01. The molecule has 108 valence electrons. The number of nitro benzene ring substituents is 1. The Morgan fingerprint density at radius 3 is 2.57 bits per heavy atom. The van der Waals surface area contributed by atoms with Crippen LogP contribution >= 0.6 is 0 Å². The largest absolute Gasteiger partial charge is 0.477 e. The van der Waals surface area contributed by atoms with Crippen LogP contribution in [0.25, 0.3) is 0 Å². The molecule has 1 N–H and O–H groups in total. The highest BCUT2D eigenvalue weighted by molar-refractivity contribution is 5.92. The predicted molar refractivity (Wildman–Crippen MR) is 75.9 cm³/mol. The molecule has 0 aliphatic heterocycles. The SMILES string of the molecule is CCc1cccc(Oc2ccc(C(=O)O)c([N+](=O)[O-])c2)c1. The topological polar surface area (TPSA) is 89.7 Å². The number of nitrogens with zero attached hydrogens (tertiary/aromatic N) is 1. The average molecular weight is 287 g/mol. The second kappa shape index (κ2) is 6.04. The first kappa shape index (κ1) is 14.5. The molecule has 2 aromatic rings. The van der Waals surface area contributed by atoms with Gasteiger partial charge in [0.1, 0.15) is 17.1 Å². The van der Waals surface area contributed by atoms with Crippen molar-refractivity contribution in [2.75, 3.05) is 0 Å². The van der Waals surface area contributed by atoms with E-state index in [0.717, 1.165) is 18.1 Å². The second-order valence-electron chi connectivity index (χ2n) is 4.34. The van der Waals surface area contributed by atoms with E-state index in [9.17, 15) is 14.9 Å². The van der Waals surface area contributed by atoms with Crippen LogP contribution in [-0.2, 0) is 6.42 Å². The molecule has 0 heterocycles. The van der Waals surface area contributed by atoms with Gasteiger partial charge in [-0.25, -0.2) is 4.79 Å². The molecule has 0 amide bonds. The van der Waals surface area contributed by atoms with Crippen molar-refractivity contribution in [1.29, 1.82) is 0 Å². The van der Waals surface area contributed by atoms with Gasteiger partial charge in [-0.05, 0) is 36.2 Å². The molecule has 0 fully saturated rings. The van der Waals surface area contributed by atoms with Crippen molar-refractivity contribution in [1.82, 2.24) is 0 Å². The molecule has 0 saturated heterocycles. The van der Waals surface area contributed by atoms with Crippen LogP contribution in [0.15, 0.2) is 42.5 Å². The standard InChI is InChI=1S/C15H13NO5/c1-2-10-4-3-5-11(8-10)21-12-6-7-13(15(17)18)14(9-12)16(19)20/h3-9H,2H2,1H3,(H,17,18). The monoisotopic (exact) mass is 287 g/mol. The quantitative estimate of drug-likeness (QED) is 0.669. The summed E-state index contributed by atoms with van der Waals surface area (Å²) in [6.07, 6.45) is 0.843. The highest BCUT2D eigenvalue weighted by Gasteiger charge is 2.20. The Bertz CT molecular complexity index is 696. The highest BCUT2D eigenvalue weighted by atomic mass is 16.6. The fraction of sp³-hybridized carbons (Fsp3) is 0.133. The number of carbonyl (C=O) groups is 1. The van der Waals surface area contributed by atoms with Crippen LogP contribution in [0.3, 0.4) is 0 Å². The first-order valence-electron chi connectivity index (χ1n) is 6.29. The molecule has 0 spiro atoms. The molecule has 6 nitrogen and oxygen atoms in total. The first-order valence-corrected chi connectivity index (χ1v) is 6.29. The van der Waals surface area contributed by atoms with Gasteiger partial charge in [0.25, 0.3) is 5.69 Å². The van der Waals surface area contributed by atoms with Crippen molar-refractivity contribution in [3.63, 3.8) is 0 Å². The van der Waals surface area contributed by atoms with Crippen molar-refractivity contribution in [3.05, 3.63) is 63.7 Å². The number of carboxylic acid groups (broad SMARTS) is 1. The molecule has 0 atom stereocenters. The summed E-state index contributed by atoms with van der Waals surface area (Å²) >= 11 is 0. The van der Waals surface area contributed by atoms with Gasteiger partial charge in [0.15, 0.2) is 0 Å². The van der Waals surface area contributed by atoms with E-state index >= 15 is 0 Å². The molecule has 21 heavy (non-hydrogen) atoms. The predicted octanol–water partition coefficient (Wildman–Crippen LogP) is 3.65. The molecule has 0 aromatic heterocycles. The Morgan fingerprint density at radius 2 is 1.95 bits per heavy atom. The van der Waals surface area contributed by atoms with Gasteiger partial charge in [0.05, 0.1) is 11.0 Å². The second-order valence-corrected chi connectivity index (χ2v) is 4.34. The molecule has 6 heteroatoms. The summed E-state index contributed by atoms with van der Waals surface area (Å²) < 4.78 is 5.55. The number of carboxylic acids is 1. The zero-order valence-electron chi connectivity index (χ0n) is 11.3. The number of ether oxygens (including phenoxy) is 1. The van der Waals surface area contributed by atoms with Crippen molar-refractivity contribution in [3.8, 4) is 11.5 Å². The Hall–Kier alpha value is -2.89. The van der Waals surface area contributed by atoms with Crippen molar-refractivity contribution >= 4 is 11.7 Å². The molecule has 0 unspecified atom stereocenters. The molecule has 0 aliphatic rings. The summed E-state index contributed by atoms with van der Waals surface area (Å²) in [7, 11) is 0. The van der Waals surface area contributed by atoms with Crippen LogP contribution in [0, 0.1) is 10.1 Å². The summed E-state index contributed by atoms with van der Waals surface area (Å²) in [6, 6.07) is 11.0. The maximum absolute atomic E-state index is 10.9. The van der Waals surface area contributed by atoms with Gasteiger partial charge in [0.2, 0.25) is 0 Å². The van der Waals surface area contributed by atoms with E-state index in [1.807, 2.05) is 25.1 Å². The fourth-order valence-electron chi connectivity index (χ4n) is 1.87. The molecule has 0 saturated carbocycles. The highest BCUT2D eigenvalue weighted by Crippen LogP contribution is 2.28. The summed E-state index contributed by atoms with van der Waals surface area (Å²) in [5.74, 6) is -0.576. The zero-order chi connectivity index (χ0) is 15.4.